The lowest BCUT2D eigenvalue weighted by molar-refractivity contribution is -0.119. The largest absolute Gasteiger partial charge is 0.491 e. The van der Waals surface area contributed by atoms with Gasteiger partial charge in [0.15, 0.2) is 5.82 Å². The van der Waals surface area contributed by atoms with Crippen molar-refractivity contribution in [2.24, 2.45) is 5.73 Å². The maximum absolute atomic E-state index is 14.4. The van der Waals surface area contributed by atoms with E-state index >= 15 is 0 Å². The average molecular weight is 448 g/mol. The van der Waals surface area contributed by atoms with Crippen LogP contribution in [0.3, 0.4) is 0 Å². The number of nitrogens with one attached hydrogen (secondary N) is 2. The minimum atomic E-state index is -0.576. The van der Waals surface area contributed by atoms with E-state index in [9.17, 15) is 9.18 Å². The normalized spacial score (nSPS) is 12.0. The van der Waals surface area contributed by atoms with Crippen molar-refractivity contribution in [3.63, 3.8) is 0 Å². The second-order valence-corrected chi connectivity index (χ2v) is 7.18. The van der Waals surface area contributed by atoms with Crippen molar-refractivity contribution in [1.29, 1.82) is 0 Å². The molecular formula is C21H23ClFN5O3. The third-order valence-electron chi connectivity index (χ3n) is 4.59. The Hall–Kier alpha value is -3.01. The summed E-state index contributed by atoms with van der Waals surface area (Å²) in [6, 6.07) is 7.72. The van der Waals surface area contributed by atoms with E-state index in [2.05, 4.69) is 20.6 Å². The molecule has 0 aliphatic heterocycles. The Labute approximate surface area is 183 Å². The molecular weight excluding hydrogens is 425 g/mol. The molecule has 0 fully saturated rings. The number of ether oxygens (including phenoxy) is 2. The van der Waals surface area contributed by atoms with E-state index in [1.807, 2.05) is 6.07 Å². The Morgan fingerprint density at radius 3 is 2.84 bits per heavy atom. The highest BCUT2D eigenvalue weighted by atomic mass is 35.5. The molecule has 0 aliphatic carbocycles. The summed E-state index contributed by atoms with van der Waals surface area (Å²) in [6.45, 7) is 2.73. The summed E-state index contributed by atoms with van der Waals surface area (Å²) >= 11 is 5.88. The molecule has 0 spiro atoms. The number of nitrogens with two attached hydrogens (primary N) is 1. The number of carbonyl (C=O) groups excluding carboxylic acids is 1. The van der Waals surface area contributed by atoms with Crippen molar-refractivity contribution in [1.82, 2.24) is 15.3 Å². The number of hydrogen-bond donors (Lipinski definition) is 3. The number of primary amides is 1. The number of anilines is 2. The molecule has 1 atom stereocenters. The molecule has 0 bridgehead atoms. The molecule has 3 aromatic rings. The monoisotopic (exact) mass is 447 g/mol. The van der Waals surface area contributed by atoms with Crippen molar-refractivity contribution in [3.8, 4) is 5.75 Å². The first-order chi connectivity index (χ1) is 14.9. The van der Waals surface area contributed by atoms with Crippen LogP contribution in [0, 0.1) is 5.82 Å². The van der Waals surface area contributed by atoms with Gasteiger partial charge in [-0.15, -0.1) is 0 Å². The average Bonchev–Trinajstić information content (AvgIpc) is 2.75. The van der Waals surface area contributed by atoms with E-state index in [-0.39, 0.29) is 10.7 Å². The van der Waals surface area contributed by atoms with E-state index in [1.54, 1.807) is 32.2 Å². The van der Waals surface area contributed by atoms with Crippen LogP contribution in [0.5, 0.6) is 5.75 Å². The van der Waals surface area contributed by atoms with E-state index in [1.165, 1.54) is 12.4 Å². The number of methoxy groups -OCH3 is 1. The number of hydrogen-bond acceptors (Lipinski definition) is 7. The molecule has 10 heteroatoms. The zero-order valence-corrected chi connectivity index (χ0v) is 17.9. The van der Waals surface area contributed by atoms with Crippen LogP contribution in [0.15, 0.2) is 36.7 Å². The minimum absolute atomic E-state index is 0.00233. The van der Waals surface area contributed by atoms with Crippen LogP contribution in [0.1, 0.15) is 12.5 Å². The second-order valence-electron chi connectivity index (χ2n) is 6.77. The molecule has 2 aromatic carbocycles. The Kier molecular flexibility index (Phi) is 7.56. The van der Waals surface area contributed by atoms with Crippen LogP contribution < -0.4 is 21.1 Å². The third-order valence-corrected chi connectivity index (χ3v) is 4.88. The van der Waals surface area contributed by atoms with Crippen LogP contribution in [-0.2, 0) is 16.1 Å². The first-order valence-corrected chi connectivity index (χ1v) is 9.91. The van der Waals surface area contributed by atoms with Crippen molar-refractivity contribution >= 4 is 39.9 Å². The summed E-state index contributed by atoms with van der Waals surface area (Å²) < 4.78 is 25.2. The quantitative estimate of drug-likeness (QED) is 0.409. The van der Waals surface area contributed by atoms with Gasteiger partial charge in [-0.25, -0.2) is 14.4 Å². The van der Waals surface area contributed by atoms with Crippen molar-refractivity contribution in [2.45, 2.75) is 19.5 Å². The number of amides is 1. The first kappa shape index (κ1) is 22.7. The van der Waals surface area contributed by atoms with Gasteiger partial charge in [-0.05, 0) is 25.1 Å². The molecule has 4 N–H and O–H groups in total. The van der Waals surface area contributed by atoms with E-state index in [0.717, 1.165) is 5.56 Å². The summed E-state index contributed by atoms with van der Waals surface area (Å²) in [5, 5.41) is 6.67. The number of rotatable bonds is 10. The lowest BCUT2D eigenvalue weighted by atomic mass is 10.1. The summed E-state index contributed by atoms with van der Waals surface area (Å²) in [4.78, 5) is 19.9. The van der Waals surface area contributed by atoms with Crippen LogP contribution in [0.25, 0.3) is 10.9 Å². The summed E-state index contributed by atoms with van der Waals surface area (Å²) in [7, 11) is 1.58. The maximum atomic E-state index is 14.4. The molecule has 8 nitrogen and oxygen atoms in total. The first-order valence-electron chi connectivity index (χ1n) is 9.53. The molecule has 0 unspecified atom stereocenters. The van der Waals surface area contributed by atoms with E-state index in [4.69, 9.17) is 26.8 Å². The maximum Gasteiger partial charge on any atom is 0.234 e. The van der Waals surface area contributed by atoms with Crippen molar-refractivity contribution < 1.29 is 18.7 Å². The zero-order valence-electron chi connectivity index (χ0n) is 17.1. The number of halogens is 2. The second kappa shape index (κ2) is 10.3. The highest BCUT2D eigenvalue weighted by Crippen LogP contribution is 2.31. The Morgan fingerprint density at radius 2 is 2.10 bits per heavy atom. The molecule has 0 radical (unpaired) electrons. The van der Waals surface area contributed by atoms with Gasteiger partial charge in [-0.1, -0.05) is 17.7 Å². The summed E-state index contributed by atoms with van der Waals surface area (Å²) in [6.07, 6.45) is 1.37. The fourth-order valence-electron chi connectivity index (χ4n) is 2.83. The third kappa shape index (κ3) is 5.57. The van der Waals surface area contributed by atoms with Gasteiger partial charge < -0.3 is 25.8 Å². The number of benzene rings is 2. The van der Waals surface area contributed by atoms with Gasteiger partial charge in [0, 0.05) is 30.7 Å². The SMILES string of the molecule is COCCOc1cc2ncnc(Nc3cccc(Cl)c3F)c2cc1CN[C@H](C)C(N)=O. The van der Waals surface area contributed by atoms with Gasteiger partial charge in [0.2, 0.25) is 5.91 Å². The molecule has 0 saturated carbocycles. The molecule has 0 saturated heterocycles. The number of aromatic nitrogens is 2. The predicted molar refractivity (Wildman–Crippen MR) is 117 cm³/mol. The number of carbonyl (C=O) groups is 1. The van der Waals surface area contributed by atoms with Gasteiger partial charge >= 0.3 is 0 Å². The molecule has 1 heterocycles. The Balaban J connectivity index is 1.99. The summed E-state index contributed by atoms with van der Waals surface area (Å²) in [5.41, 5.74) is 6.87. The van der Waals surface area contributed by atoms with Gasteiger partial charge in [0.25, 0.3) is 0 Å². The van der Waals surface area contributed by atoms with Gasteiger partial charge in [-0.2, -0.15) is 0 Å². The van der Waals surface area contributed by atoms with Crippen molar-refractivity contribution in [3.05, 3.63) is 53.1 Å². The van der Waals surface area contributed by atoms with Crippen molar-refractivity contribution in [2.75, 3.05) is 25.6 Å². The van der Waals surface area contributed by atoms with Crippen LogP contribution in [0.4, 0.5) is 15.9 Å². The topological polar surface area (TPSA) is 111 Å². The van der Waals surface area contributed by atoms with Crippen LogP contribution in [0.2, 0.25) is 5.02 Å². The van der Waals surface area contributed by atoms with Gasteiger partial charge in [0.05, 0.1) is 28.9 Å². The Bertz CT molecular complexity index is 1080. The van der Waals surface area contributed by atoms with E-state index < -0.39 is 17.8 Å². The van der Waals surface area contributed by atoms with E-state index in [0.29, 0.717) is 42.2 Å². The van der Waals surface area contributed by atoms with Gasteiger partial charge in [-0.3, -0.25) is 4.79 Å². The lowest BCUT2D eigenvalue weighted by Crippen LogP contribution is -2.38. The Morgan fingerprint density at radius 1 is 1.29 bits per heavy atom. The molecule has 0 aliphatic rings. The van der Waals surface area contributed by atoms with Crippen LogP contribution >= 0.6 is 11.6 Å². The molecule has 164 valence electrons. The minimum Gasteiger partial charge on any atom is -0.491 e. The number of fused-ring (bicyclic) bond motifs is 1. The molecule has 1 amide bonds. The van der Waals surface area contributed by atoms with Crippen LogP contribution in [-0.4, -0.2) is 42.2 Å². The smallest absolute Gasteiger partial charge is 0.234 e. The molecule has 3 rings (SSSR count). The standard InChI is InChI=1S/C21H23ClFN5O3/c1-12(20(24)29)25-10-13-8-14-17(9-18(13)31-7-6-30-2)26-11-27-21(14)28-16-5-3-4-15(22)19(16)23/h3-5,8-9,11-12,25H,6-7,10H2,1-2H3,(H2,24,29)(H,26,27,28)/t12-/m1/s1. The summed E-state index contributed by atoms with van der Waals surface area (Å²) in [5.74, 6) is -0.0662. The predicted octanol–water partition coefficient (Wildman–Crippen LogP) is 3.15. The highest BCUT2D eigenvalue weighted by Gasteiger charge is 2.15. The highest BCUT2D eigenvalue weighted by molar-refractivity contribution is 6.31. The molecule has 1 aromatic heterocycles. The lowest BCUT2D eigenvalue weighted by Gasteiger charge is -2.16. The fourth-order valence-corrected chi connectivity index (χ4v) is 3.00. The van der Waals surface area contributed by atoms with Gasteiger partial charge in [0.1, 0.15) is 24.5 Å². The number of nitrogens with zero attached hydrogens (tertiary/aromatic N) is 2. The zero-order chi connectivity index (χ0) is 22.4. The molecule has 31 heavy (non-hydrogen) atoms. The fraction of sp³-hybridized carbons (Fsp3) is 0.286.